The Balaban J connectivity index is 1.64. The standard InChI is InChI=1S/C19H25N3O4/c1-2-20-19(26)22-10-9-12-7-8-15(11-16(12)22)21-17(23)13-3-5-14(6-4-13)18(24)25/h7-8,11,13-14H,2-6,9-10H2,1H3,(H,20,26)(H,21,23)(H,24,25). The van der Waals surface area contributed by atoms with Gasteiger partial charge in [0.05, 0.1) is 11.6 Å². The molecule has 1 aliphatic carbocycles. The smallest absolute Gasteiger partial charge is 0.321 e. The summed E-state index contributed by atoms with van der Waals surface area (Å²) in [6.07, 6.45) is 3.09. The third kappa shape index (κ3) is 3.81. The molecule has 1 aliphatic heterocycles. The van der Waals surface area contributed by atoms with E-state index in [1.54, 1.807) is 4.90 Å². The SMILES string of the molecule is CCNC(=O)N1CCc2ccc(NC(=O)C3CCC(C(=O)O)CC3)cc21. The molecule has 0 aromatic heterocycles. The minimum absolute atomic E-state index is 0.0728. The van der Waals surface area contributed by atoms with Gasteiger partial charge in [-0.3, -0.25) is 14.5 Å². The second kappa shape index (κ2) is 7.76. The summed E-state index contributed by atoms with van der Waals surface area (Å²) in [4.78, 5) is 37.4. The number of amides is 3. The van der Waals surface area contributed by atoms with Crippen LogP contribution in [0.4, 0.5) is 16.2 Å². The summed E-state index contributed by atoms with van der Waals surface area (Å²) in [6, 6.07) is 5.53. The highest BCUT2D eigenvalue weighted by atomic mass is 16.4. The lowest BCUT2D eigenvalue weighted by molar-refractivity contribution is -0.143. The summed E-state index contributed by atoms with van der Waals surface area (Å²) in [6.45, 7) is 3.09. The Kier molecular flexibility index (Phi) is 5.44. The molecule has 7 heteroatoms. The van der Waals surface area contributed by atoms with E-state index < -0.39 is 5.97 Å². The number of hydrogen-bond acceptors (Lipinski definition) is 3. The third-order valence-electron chi connectivity index (χ3n) is 5.27. The second-order valence-corrected chi connectivity index (χ2v) is 6.96. The van der Waals surface area contributed by atoms with E-state index in [1.165, 1.54) is 0 Å². The van der Waals surface area contributed by atoms with Gasteiger partial charge in [-0.2, -0.15) is 0 Å². The van der Waals surface area contributed by atoms with Crippen LogP contribution in [-0.2, 0) is 16.0 Å². The third-order valence-corrected chi connectivity index (χ3v) is 5.27. The fourth-order valence-electron chi connectivity index (χ4n) is 3.76. The molecule has 2 aliphatic rings. The van der Waals surface area contributed by atoms with Crippen LogP contribution in [-0.4, -0.2) is 36.1 Å². The number of carboxylic acid groups (broad SMARTS) is 1. The number of benzene rings is 1. The van der Waals surface area contributed by atoms with E-state index in [-0.39, 0.29) is 23.8 Å². The van der Waals surface area contributed by atoms with Gasteiger partial charge >= 0.3 is 12.0 Å². The fraction of sp³-hybridized carbons (Fsp3) is 0.526. The largest absolute Gasteiger partial charge is 0.481 e. The van der Waals surface area contributed by atoms with Gasteiger partial charge in [-0.1, -0.05) is 6.07 Å². The van der Waals surface area contributed by atoms with Crippen molar-refractivity contribution in [1.82, 2.24) is 5.32 Å². The number of carbonyl (C=O) groups excluding carboxylic acids is 2. The maximum absolute atomic E-state index is 12.5. The first-order chi connectivity index (χ1) is 12.5. The van der Waals surface area contributed by atoms with Gasteiger partial charge in [0.2, 0.25) is 5.91 Å². The Morgan fingerprint density at radius 3 is 2.50 bits per heavy atom. The van der Waals surface area contributed by atoms with Crippen LogP contribution in [0.15, 0.2) is 18.2 Å². The number of rotatable bonds is 4. The molecule has 3 rings (SSSR count). The predicted molar refractivity (Wildman–Crippen MR) is 98.3 cm³/mol. The van der Waals surface area contributed by atoms with Gasteiger partial charge in [0.15, 0.2) is 0 Å². The molecule has 1 aromatic carbocycles. The van der Waals surface area contributed by atoms with Crippen molar-refractivity contribution in [2.24, 2.45) is 11.8 Å². The van der Waals surface area contributed by atoms with Crippen LogP contribution in [0.5, 0.6) is 0 Å². The molecule has 1 heterocycles. The molecule has 1 saturated carbocycles. The maximum atomic E-state index is 12.5. The topological polar surface area (TPSA) is 98.7 Å². The van der Waals surface area contributed by atoms with E-state index in [0.717, 1.165) is 17.7 Å². The van der Waals surface area contributed by atoms with Crippen molar-refractivity contribution in [2.75, 3.05) is 23.3 Å². The lowest BCUT2D eigenvalue weighted by atomic mass is 9.81. The minimum Gasteiger partial charge on any atom is -0.481 e. The van der Waals surface area contributed by atoms with Crippen LogP contribution >= 0.6 is 0 Å². The average Bonchev–Trinajstić information content (AvgIpc) is 3.05. The molecule has 3 N–H and O–H groups in total. The zero-order valence-corrected chi connectivity index (χ0v) is 15.0. The fourth-order valence-corrected chi connectivity index (χ4v) is 3.76. The van der Waals surface area contributed by atoms with Crippen molar-refractivity contribution >= 4 is 29.3 Å². The van der Waals surface area contributed by atoms with Gasteiger partial charge in [-0.05, 0) is 56.7 Å². The number of nitrogens with zero attached hydrogens (tertiary/aromatic N) is 1. The predicted octanol–water partition coefficient (Wildman–Crippen LogP) is 2.61. The zero-order valence-electron chi connectivity index (χ0n) is 15.0. The van der Waals surface area contributed by atoms with Crippen molar-refractivity contribution in [3.63, 3.8) is 0 Å². The molecule has 0 unspecified atom stereocenters. The maximum Gasteiger partial charge on any atom is 0.321 e. The lowest BCUT2D eigenvalue weighted by Crippen LogP contribution is -2.38. The highest BCUT2D eigenvalue weighted by Gasteiger charge is 2.30. The highest BCUT2D eigenvalue weighted by molar-refractivity contribution is 5.97. The van der Waals surface area contributed by atoms with Gasteiger partial charge in [0.1, 0.15) is 0 Å². The summed E-state index contributed by atoms with van der Waals surface area (Å²) >= 11 is 0. The molecule has 3 amide bonds. The number of urea groups is 1. The molecule has 1 fully saturated rings. The van der Waals surface area contributed by atoms with Gasteiger partial charge in [-0.25, -0.2) is 4.79 Å². The van der Waals surface area contributed by atoms with Crippen LogP contribution in [0, 0.1) is 11.8 Å². The Bertz CT molecular complexity index is 711. The normalized spacial score (nSPS) is 21.8. The number of carboxylic acids is 1. The molecule has 0 atom stereocenters. The molecule has 140 valence electrons. The van der Waals surface area contributed by atoms with Crippen molar-refractivity contribution in [3.05, 3.63) is 23.8 Å². The minimum atomic E-state index is -0.770. The van der Waals surface area contributed by atoms with E-state index in [4.69, 9.17) is 5.11 Å². The van der Waals surface area contributed by atoms with Crippen LogP contribution in [0.3, 0.4) is 0 Å². The number of fused-ring (bicyclic) bond motifs is 1. The highest BCUT2D eigenvalue weighted by Crippen LogP contribution is 2.33. The second-order valence-electron chi connectivity index (χ2n) is 6.96. The van der Waals surface area contributed by atoms with Gasteiger partial charge in [0, 0.05) is 24.7 Å². The summed E-state index contributed by atoms with van der Waals surface area (Å²) in [5, 5.41) is 14.8. The first kappa shape index (κ1) is 18.2. The van der Waals surface area contributed by atoms with E-state index in [0.29, 0.717) is 44.5 Å². The first-order valence-corrected chi connectivity index (χ1v) is 9.21. The van der Waals surface area contributed by atoms with E-state index in [1.807, 2.05) is 25.1 Å². The molecule has 7 nitrogen and oxygen atoms in total. The van der Waals surface area contributed by atoms with Gasteiger partial charge < -0.3 is 15.7 Å². The van der Waals surface area contributed by atoms with Crippen molar-refractivity contribution in [3.8, 4) is 0 Å². The van der Waals surface area contributed by atoms with Crippen LogP contribution in [0.2, 0.25) is 0 Å². The Morgan fingerprint density at radius 2 is 1.85 bits per heavy atom. The van der Waals surface area contributed by atoms with Crippen LogP contribution < -0.4 is 15.5 Å². The molecule has 0 saturated heterocycles. The van der Waals surface area contributed by atoms with E-state index >= 15 is 0 Å². The first-order valence-electron chi connectivity index (χ1n) is 9.21. The van der Waals surface area contributed by atoms with E-state index in [9.17, 15) is 14.4 Å². The number of nitrogens with one attached hydrogen (secondary N) is 2. The van der Waals surface area contributed by atoms with Crippen LogP contribution in [0.1, 0.15) is 38.2 Å². The van der Waals surface area contributed by atoms with E-state index in [2.05, 4.69) is 10.6 Å². The lowest BCUT2D eigenvalue weighted by Gasteiger charge is -2.25. The molecular formula is C19H25N3O4. The quantitative estimate of drug-likeness (QED) is 0.769. The molecule has 0 radical (unpaired) electrons. The van der Waals surface area contributed by atoms with Crippen molar-refractivity contribution in [2.45, 2.75) is 39.0 Å². The number of hydrogen-bond donors (Lipinski definition) is 3. The molecule has 26 heavy (non-hydrogen) atoms. The molecule has 0 bridgehead atoms. The number of aliphatic carboxylic acids is 1. The van der Waals surface area contributed by atoms with Crippen molar-refractivity contribution in [1.29, 1.82) is 0 Å². The summed E-state index contributed by atoms with van der Waals surface area (Å²) in [7, 11) is 0. The zero-order chi connectivity index (χ0) is 18.7. The summed E-state index contributed by atoms with van der Waals surface area (Å²) < 4.78 is 0. The Morgan fingerprint density at radius 1 is 1.15 bits per heavy atom. The van der Waals surface area contributed by atoms with Crippen LogP contribution in [0.25, 0.3) is 0 Å². The summed E-state index contributed by atoms with van der Waals surface area (Å²) in [5.41, 5.74) is 2.60. The summed E-state index contributed by atoms with van der Waals surface area (Å²) in [5.74, 6) is -1.33. The Hall–Kier alpha value is -2.57. The molecule has 0 spiro atoms. The molecule has 1 aromatic rings. The average molecular weight is 359 g/mol. The van der Waals surface area contributed by atoms with Gasteiger partial charge in [0.25, 0.3) is 0 Å². The van der Waals surface area contributed by atoms with Gasteiger partial charge in [-0.15, -0.1) is 0 Å². The number of carbonyl (C=O) groups is 3. The Labute approximate surface area is 152 Å². The molecular weight excluding hydrogens is 334 g/mol. The van der Waals surface area contributed by atoms with Crippen molar-refractivity contribution < 1.29 is 19.5 Å². The number of anilines is 2. The monoisotopic (exact) mass is 359 g/mol.